The first-order valence-electron chi connectivity index (χ1n) is 6.45. The molecule has 1 N–H and O–H groups in total. The van der Waals surface area contributed by atoms with E-state index in [9.17, 15) is 13.9 Å². The minimum atomic E-state index is -0.882. The van der Waals surface area contributed by atoms with Crippen molar-refractivity contribution >= 4 is 0 Å². The van der Waals surface area contributed by atoms with Gasteiger partial charge in [0.25, 0.3) is 0 Å². The van der Waals surface area contributed by atoms with Crippen LogP contribution in [-0.4, -0.2) is 5.11 Å². The van der Waals surface area contributed by atoms with E-state index in [2.05, 4.69) is 0 Å². The molecule has 1 unspecified atom stereocenters. The van der Waals surface area contributed by atoms with Crippen molar-refractivity contribution in [2.24, 2.45) is 0 Å². The van der Waals surface area contributed by atoms with Crippen molar-refractivity contribution in [1.29, 1.82) is 0 Å². The molecule has 0 aliphatic rings. The van der Waals surface area contributed by atoms with E-state index in [4.69, 9.17) is 4.74 Å². The monoisotopic (exact) mass is 278 g/mol. The van der Waals surface area contributed by atoms with Gasteiger partial charge in [-0.3, -0.25) is 0 Å². The molecular weight excluding hydrogens is 262 g/mol. The molecule has 0 saturated heterocycles. The van der Waals surface area contributed by atoms with Gasteiger partial charge in [0.05, 0.1) is 6.10 Å². The van der Waals surface area contributed by atoms with Gasteiger partial charge < -0.3 is 9.84 Å². The van der Waals surface area contributed by atoms with E-state index in [0.717, 1.165) is 17.7 Å². The number of aliphatic hydroxyl groups excluding tert-OH is 1. The smallest absolute Gasteiger partial charge is 0.159 e. The standard InChI is InChI=1S/C16H16F2O2/c1-2-16(19)12-4-6-13(7-5-12)20-10-11-3-8-14(17)15(18)9-11/h3-9,16,19H,2,10H2,1H3. The van der Waals surface area contributed by atoms with Crippen LogP contribution < -0.4 is 4.74 Å². The normalized spacial score (nSPS) is 12.2. The van der Waals surface area contributed by atoms with Crippen LogP contribution in [0.15, 0.2) is 42.5 Å². The topological polar surface area (TPSA) is 29.5 Å². The molecule has 0 aromatic heterocycles. The number of rotatable bonds is 5. The Morgan fingerprint density at radius 1 is 1.05 bits per heavy atom. The highest BCUT2D eigenvalue weighted by Gasteiger charge is 2.05. The highest BCUT2D eigenvalue weighted by Crippen LogP contribution is 2.20. The summed E-state index contributed by atoms with van der Waals surface area (Å²) in [4.78, 5) is 0. The van der Waals surface area contributed by atoms with Crippen molar-refractivity contribution in [3.8, 4) is 5.75 Å². The van der Waals surface area contributed by atoms with E-state index in [1.165, 1.54) is 6.07 Å². The van der Waals surface area contributed by atoms with Crippen LogP contribution in [0.3, 0.4) is 0 Å². The zero-order valence-electron chi connectivity index (χ0n) is 11.1. The molecule has 106 valence electrons. The molecule has 20 heavy (non-hydrogen) atoms. The molecule has 0 amide bonds. The molecule has 0 radical (unpaired) electrons. The highest BCUT2D eigenvalue weighted by atomic mass is 19.2. The quantitative estimate of drug-likeness (QED) is 0.896. The van der Waals surface area contributed by atoms with Gasteiger partial charge in [-0.2, -0.15) is 0 Å². The van der Waals surface area contributed by atoms with Crippen LogP contribution in [0.1, 0.15) is 30.6 Å². The molecule has 4 heteroatoms. The molecule has 0 heterocycles. The molecule has 2 aromatic rings. The van der Waals surface area contributed by atoms with Crippen LogP contribution in [0.5, 0.6) is 5.75 Å². The maximum atomic E-state index is 13.0. The van der Waals surface area contributed by atoms with Crippen LogP contribution in [-0.2, 0) is 6.61 Å². The molecule has 0 saturated carbocycles. The second kappa shape index (κ2) is 6.48. The number of hydrogen-bond donors (Lipinski definition) is 1. The predicted molar refractivity (Wildman–Crippen MR) is 72.4 cm³/mol. The molecular formula is C16H16F2O2. The number of ether oxygens (including phenoxy) is 1. The van der Waals surface area contributed by atoms with Crippen LogP contribution in [0.4, 0.5) is 8.78 Å². The third-order valence-corrected chi connectivity index (χ3v) is 3.04. The van der Waals surface area contributed by atoms with Gasteiger partial charge in [-0.15, -0.1) is 0 Å². The van der Waals surface area contributed by atoms with Crippen molar-refractivity contribution in [2.45, 2.75) is 26.1 Å². The Hall–Kier alpha value is -1.94. The Kier molecular flexibility index (Phi) is 4.69. The van der Waals surface area contributed by atoms with Gasteiger partial charge in [-0.25, -0.2) is 8.78 Å². The van der Waals surface area contributed by atoms with Crippen molar-refractivity contribution in [3.63, 3.8) is 0 Å². The van der Waals surface area contributed by atoms with Crippen molar-refractivity contribution in [2.75, 3.05) is 0 Å². The third-order valence-electron chi connectivity index (χ3n) is 3.04. The van der Waals surface area contributed by atoms with Crippen molar-refractivity contribution in [1.82, 2.24) is 0 Å². The molecule has 0 aliphatic heterocycles. The van der Waals surface area contributed by atoms with E-state index in [-0.39, 0.29) is 6.61 Å². The summed E-state index contributed by atoms with van der Waals surface area (Å²) in [6.45, 7) is 2.06. The van der Waals surface area contributed by atoms with E-state index >= 15 is 0 Å². The van der Waals surface area contributed by atoms with Gasteiger partial charge in [-0.1, -0.05) is 25.1 Å². The third kappa shape index (κ3) is 3.54. The van der Waals surface area contributed by atoms with E-state index in [1.807, 2.05) is 6.92 Å². The Bertz CT molecular complexity index is 567. The molecule has 2 aromatic carbocycles. The van der Waals surface area contributed by atoms with E-state index in [1.54, 1.807) is 24.3 Å². The van der Waals surface area contributed by atoms with Crippen LogP contribution in [0.25, 0.3) is 0 Å². The second-order valence-electron chi connectivity index (χ2n) is 4.53. The molecule has 0 bridgehead atoms. The molecule has 1 atom stereocenters. The summed E-state index contributed by atoms with van der Waals surface area (Å²) in [7, 11) is 0. The fourth-order valence-electron chi connectivity index (χ4n) is 1.82. The largest absolute Gasteiger partial charge is 0.489 e. The minimum Gasteiger partial charge on any atom is -0.489 e. The van der Waals surface area contributed by atoms with Crippen molar-refractivity contribution < 1.29 is 18.6 Å². The highest BCUT2D eigenvalue weighted by molar-refractivity contribution is 5.29. The first-order chi connectivity index (χ1) is 9.60. The van der Waals surface area contributed by atoms with Crippen LogP contribution in [0.2, 0.25) is 0 Å². The Morgan fingerprint density at radius 2 is 1.75 bits per heavy atom. The molecule has 0 fully saturated rings. The average Bonchev–Trinajstić information content (AvgIpc) is 2.48. The van der Waals surface area contributed by atoms with Crippen LogP contribution in [0, 0.1) is 11.6 Å². The summed E-state index contributed by atoms with van der Waals surface area (Å²) in [6.07, 6.45) is 0.171. The van der Waals surface area contributed by atoms with Crippen LogP contribution >= 0.6 is 0 Å². The molecule has 0 spiro atoms. The molecule has 2 rings (SSSR count). The zero-order chi connectivity index (χ0) is 14.5. The number of halogens is 2. The summed E-state index contributed by atoms with van der Waals surface area (Å²) in [5, 5.41) is 9.67. The van der Waals surface area contributed by atoms with Gasteiger partial charge in [0.15, 0.2) is 11.6 Å². The van der Waals surface area contributed by atoms with Gasteiger partial charge in [0, 0.05) is 0 Å². The number of aliphatic hydroxyl groups is 1. The second-order valence-corrected chi connectivity index (χ2v) is 4.53. The molecule has 0 aliphatic carbocycles. The Balaban J connectivity index is 1.98. The summed E-state index contributed by atoms with van der Waals surface area (Å²) < 4.78 is 31.3. The fraction of sp³-hybridized carbons (Fsp3) is 0.250. The van der Waals surface area contributed by atoms with Gasteiger partial charge >= 0.3 is 0 Å². The lowest BCUT2D eigenvalue weighted by atomic mass is 10.1. The number of benzene rings is 2. The summed E-state index contributed by atoms with van der Waals surface area (Å²) >= 11 is 0. The lowest BCUT2D eigenvalue weighted by molar-refractivity contribution is 0.173. The average molecular weight is 278 g/mol. The molecule has 2 nitrogen and oxygen atoms in total. The lowest BCUT2D eigenvalue weighted by Gasteiger charge is -2.10. The maximum Gasteiger partial charge on any atom is 0.159 e. The Labute approximate surface area is 116 Å². The predicted octanol–water partition coefficient (Wildman–Crippen LogP) is 3.99. The first-order valence-corrected chi connectivity index (χ1v) is 6.45. The van der Waals surface area contributed by atoms with E-state index < -0.39 is 17.7 Å². The van der Waals surface area contributed by atoms with Gasteiger partial charge in [0.2, 0.25) is 0 Å². The fourth-order valence-corrected chi connectivity index (χ4v) is 1.82. The van der Waals surface area contributed by atoms with Gasteiger partial charge in [-0.05, 0) is 41.8 Å². The van der Waals surface area contributed by atoms with Gasteiger partial charge in [0.1, 0.15) is 12.4 Å². The van der Waals surface area contributed by atoms with E-state index in [0.29, 0.717) is 17.7 Å². The Morgan fingerprint density at radius 3 is 2.35 bits per heavy atom. The maximum absolute atomic E-state index is 13.0. The summed E-state index contributed by atoms with van der Waals surface area (Å²) in [5.41, 5.74) is 1.38. The lowest BCUT2D eigenvalue weighted by Crippen LogP contribution is -1.98. The number of hydrogen-bond acceptors (Lipinski definition) is 2. The minimum absolute atomic E-state index is 0.160. The summed E-state index contributed by atoms with van der Waals surface area (Å²) in [5.74, 6) is -1.14. The first kappa shape index (κ1) is 14.5. The zero-order valence-corrected chi connectivity index (χ0v) is 11.1. The summed E-state index contributed by atoms with van der Waals surface area (Å²) in [6, 6.07) is 10.7. The van der Waals surface area contributed by atoms with Crippen molar-refractivity contribution in [3.05, 3.63) is 65.2 Å². The SMILES string of the molecule is CCC(O)c1ccc(OCc2ccc(F)c(F)c2)cc1.